The Morgan fingerprint density at radius 1 is 1.42 bits per heavy atom. The molecule has 5 heteroatoms. The van der Waals surface area contributed by atoms with Gasteiger partial charge in [-0.05, 0) is 12.5 Å². The number of nitrogens with zero attached hydrogens (tertiary/aromatic N) is 2. The highest BCUT2D eigenvalue weighted by Gasteiger charge is 2.46. The number of hydrogen-bond acceptors (Lipinski definition) is 4. The van der Waals surface area contributed by atoms with E-state index in [1.54, 1.807) is 18.5 Å². The van der Waals surface area contributed by atoms with Gasteiger partial charge >= 0.3 is 0 Å². The number of aromatic nitrogens is 2. The Bertz CT molecular complexity index is 623. The van der Waals surface area contributed by atoms with Crippen LogP contribution in [-0.2, 0) is 17.4 Å². The molecule has 2 heterocycles. The molecule has 0 saturated heterocycles. The SMILES string of the molecule is CC1(C)CC(O)(c2cccnc2Cl)Cc2cnoc21. The van der Waals surface area contributed by atoms with E-state index in [2.05, 4.69) is 10.1 Å². The molecule has 2 aromatic rings. The average Bonchev–Trinajstić information content (AvgIpc) is 2.77. The first-order valence-electron chi connectivity index (χ1n) is 6.20. The molecule has 1 unspecified atom stereocenters. The molecule has 3 rings (SSSR count). The van der Waals surface area contributed by atoms with Crippen molar-refractivity contribution >= 4 is 11.6 Å². The normalized spacial score (nSPS) is 25.1. The van der Waals surface area contributed by atoms with Crippen molar-refractivity contribution in [3.8, 4) is 0 Å². The van der Waals surface area contributed by atoms with E-state index in [4.69, 9.17) is 16.1 Å². The zero-order chi connectivity index (χ0) is 13.7. The van der Waals surface area contributed by atoms with E-state index in [1.807, 2.05) is 19.9 Å². The van der Waals surface area contributed by atoms with Crippen LogP contribution in [0.15, 0.2) is 29.0 Å². The topological polar surface area (TPSA) is 59.2 Å². The Morgan fingerprint density at radius 2 is 2.21 bits per heavy atom. The molecule has 0 fully saturated rings. The summed E-state index contributed by atoms with van der Waals surface area (Å²) < 4.78 is 5.32. The van der Waals surface area contributed by atoms with Gasteiger partial charge in [-0.3, -0.25) is 0 Å². The van der Waals surface area contributed by atoms with Gasteiger partial charge in [-0.2, -0.15) is 0 Å². The Morgan fingerprint density at radius 3 is 2.95 bits per heavy atom. The van der Waals surface area contributed by atoms with E-state index in [9.17, 15) is 5.11 Å². The number of rotatable bonds is 1. The van der Waals surface area contributed by atoms with Crippen molar-refractivity contribution in [2.75, 3.05) is 0 Å². The quantitative estimate of drug-likeness (QED) is 0.815. The van der Waals surface area contributed by atoms with Crippen LogP contribution < -0.4 is 0 Å². The molecular formula is C14H15ClN2O2. The molecule has 1 N–H and O–H groups in total. The molecule has 19 heavy (non-hydrogen) atoms. The van der Waals surface area contributed by atoms with Gasteiger partial charge in [0.25, 0.3) is 0 Å². The molecule has 1 aliphatic rings. The van der Waals surface area contributed by atoms with E-state index in [1.165, 1.54) is 0 Å². The zero-order valence-electron chi connectivity index (χ0n) is 10.9. The minimum absolute atomic E-state index is 0.294. The minimum atomic E-state index is -1.03. The highest BCUT2D eigenvalue weighted by Crippen LogP contribution is 2.47. The smallest absolute Gasteiger partial charge is 0.145 e. The molecule has 0 amide bonds. The van der Waals surface area contributed by atoms with Crippen LogP contribution in [0, 0.1) is 0 Å². The fraction of sp³-hybridized carbons (Fsp3) is 0.429. The van der Waals surface area contributed by atoms with Crippen molar-refractivity contribution in [1.29, 1.82) is 0 Å². The predicted molar refractivity (Wildman–Crippen MR) is 71.0 cm³/mol. The largest absolute Gasteiger partial charge is 0.385 e. The standard InChI is InChI=1S/C14H15ClN2O2/c1-13(2)8-14(18,6-9-7-17-19-11(9)13)10-4-3-5-16-12(10)15/h3-5,7,18H,6,8H2,1-2H3. The third kappa shape index (κ3) is 1.95. The molecule has 100 valence electrons. The van der Waals surface area contributed by atoms with Crippen molar-refractivity contribution < 1.29 is 9.63 Å². The Balaban J connectivity index is 2.11. The van der Waals surface area contributed by atoms with Crippen LogP contribution in [-0.4, -0.2) is 15.2 Å². The van der Waals surface area contributed by atoms with Crippen molar-refractivity contribution in [2.24, 2.45) is 0 Å². The highest BCUT2D eigenvalue weighted by molar-refractivity contribution is 6.30. The lowest BCUT2D eigenvalue weighted by Gasteiger charge is -2.40. The Labute approximate surface area is 116 Å². The van der Waals surface area contributed by atoms with E-state index in [-0.39, 0.29) is 5.41 Å². The summed E-state index contributed by atoms with van der Waals surface area (Å²) in [4.78, 5) is 4.06. The van der Waals surface area contributed by atoms with Gasteiger partial charge in [-0.25, -0.2) is 4.98 Å². The average molecular weight is 279 g/mol. The van der Waals surface area contributed by atoms with Crippen molar-refractivity contribution in [3.63, 3.8) is 0 Å². The summed E-state index contributed by atoms with van der Waals surface area (Å²) in [5.74, 6) is 0.845. The van der Waals surface area contributed by atoms with E-state index >= 15 is 0 Å². The molecule has 2 aromatic heterocycles. The first kappa shape index (κ1) is 12.6. The van der Waals surface area contributed by atoms with Crippen molar-refractivity contribution in [1.82, 2.24) is 10.1 Å². The second kappa shape index (κ2) is 4.05. The minimum Gasteiger partial charge on any atom is -0.385 e. The van der Waals surface area contributed by atoms with Crippen LogP contribution in [0.4, 0.5) is 0 Å². The van der Waals surface area contributed by atoms with Gasteiger partial charge in [0, 0.05) is 29.2 Å². The maximum absolute atomic E-state index is 11.0. The molecule has 1 aliphatic carbocycles. The fourth-order valence-corrected chi connectivity index (χ4v) is 3.35. The second-order valence-electron chi connectivity index (χ2n) is 5.79. The van der Waals surface area contributed by atoms with Crippen LogP contribution >= 0.6 is 11.6 Å². The van der Waals surface area contributed by atoms with Gasteiger partial charge in [0.1, 0.15) is 10.9 Å². The number of pyridine rings is 1. The van der Waals surface area contributed by atoms with E-state index < -0.39 is 5.60 Å². The van der Waals surface area contributed by atoms with Gasteiger partial charge < -0.3 is 9.63 Å². The van der Waals surface area contributed by atoms with Crippen LogP contribution in [0.3, 0.4) is 0 Å². The lowest BCUT2D eigenvalue weighted by molar-refractivity contribution is -0.00601. The second-order valence-corrected chi connectivity index (χ2v) is 6.15. The summed E-state index contributed by atoms with van der Waals surface area (Å²) in [6.45, 7) is 4.07. The van der Waals surface area contributed by atoms with Gasteiger partial charge in [0.2, 0.25) is 0 Å². The van der Waals surface area contributed by atoms with Crippen LogP contribution in [0.5, 0.6) is 0 Å². The first-order chi connectivity index (χ1) is 8.92. The van der Waals surface area contributed by atoms with Gasteiger partial charge in [-0.15, -0.1) is 0 Å². The summed E-state index contributed by atoms with van der Waals surface area (Å²) in [6, 6.07) is 3.61. The maximum Gasteiger partial charge on any atom is 0.145 e. The summed E-state index contributed by atoms with van der Waals surface area (Å²) >= 11 is 6.13. The molecule has 0 bridgehead atoms. The first-order valence-corrected chi connectivity index (χ1v) is 6.58. The van der Waals surface area contributed by atoms with E-state index in [0.717, 1.165) is 11.3 Å². The molecular weight excluding hydrogens is 264 g/mol. The van der Waals surface area contributed by atoms with Gasteiger partial charge in [0.15, 0.2) is 0 Å². The number of aliphatic hydroxyl groups is 1. The molecule has 0 saturated carbocycles. The summed E-state index contributed by atoms with van der Waals surface area (Å²) in [6.07, 6.45) is 4.26. The predicted octanol–water partition coefficient (Wildman–Crippen LogP) is 2.83. The summed E-state index contributed by atoms with van der Waals surface area (Å²) in [7, 11) is 0. The van der Waals surface area contributed by atoms with E-state index in [0.29, 0.717) is 23.6 Å². The monoisotopic (exact) mass is 278 g/mol. The summed E-state index contributed by atoms with van der Waals surface area (Å²) in [5, 5.41) is 15.2. The molecule has 0 aliphatic heterocycles. The zero-order valence-corrected chi connectivity index (χ0v) is 11.6. The lowest BCUT2D eigenvalue weighted by atomic mass is 9.68. The van der Waals surface area contributed by atoms with Crippen LogP contribution in [0.25, 0.3) is 0 Å². The third-order valence-corrected chi connectivity index (χ3v) is 4.04. The van der Waals surface area contributed by atoms with Crippen LogP contribution in [0.2, 0.25) is 5.15 Å². The molecule has 0 spiro atoms. The maximum atomic E-state index is 11.0. The Kier molecular flexibility index (Phi) is 2.69. The lowest BCUT2D eigenvalue weighted by Crippen LogP contribution is -2.41. The molecule has 1 atom stereocenters. The number of hydrogen-bond donors (Lipinski definition) is 1. The molecule has 0 radical (unpaired) electrons. The van der Waals surface area contributed by atoms with Crippen molar-refractivity contribution in [2.45, 2.75) is 37.7 Å². The summed E-state index contributed by atoms with van der Waals surface area (Å²) in [5.41, 5.74) is 0.265. The van der Waals surface area contributed by atoms with Gasteiger partial charge in [0.05, 0.1) is 11.8 Å². The highest BCUT2D eigenvalue weighted by atomic mass is 35.5. The molecule has 0 aromatic carbocycles. The van der Waals surface area contributed by atoms with Crippen LogP contribution in [0.1, 0.15) is 37.2 Å². The third-order valence-electron chi connectivity index (χ3n) is 3.74. The molecule has 4 nitrogen and oxygen atoms in total. The van der Waals surface area contributed by atoms with Gasteiger partial charge in [-0.1, -0.05) is 36.7 Å². The number of halogens is 1. The number of fused-ring (bicyclic) bond motifs is 1. The Hall–Kier alpha value is -1.39. The fourth-order valence-electron chi connectivity index (χ4n) is 3.06. The van der Waals surface area contributed by atoms with Crippen molar-refractivity contribution in [3.05, 3.63) is 46.6 Å².